The molecule has 3 N–H and O–H groups in total. The van der Waals surface area contributed by atoms with E-state index in [1.807, 2.05) is 0 Å². The van der Waals surface area contributed by atoms with Crippen LogP contribution in [0.15, 0.2) is 5.16 Å². The molecule has 0 heterocycles. The molecule has 0 aromatic rings. The SMILES string of the molecule is C[C@@H](CN)C(=O)OC1CC[C@@]2(C)C(C1)/C(=N\O)C[C@@H]1[C@H]2CC[C@]2(C)C(=O)CC[C@@H]12. The number of oxime groups is 1. The monoisotopic (exact) mass is 404 g/mol. The Bertz CT molecular complexity index is 722. The predicted molar refractivity (Wildman–Crippen MR) is 109 cm³/mol. The van der Waals surface area contributed by atoms with Crippen LogP contribution in [0.4, 0.5) is 0 Å². The highest BCUT2D eigenvalue weighted by atomic mass is 16.5. The molecular formula is C23H36N2O4. The van der Waals surface area contributed by atoms with Gasteiger partial charge in [-0.25, -0.2) is 0 Å². The fourth-order valence-corrected chi connectivity index (χ4v) is 7.40. The number of esters is 1. The molecule has 29 heavy (non-hydrogen) atoms. The van der Waals surface area contributed by atoms with Crippen LogP contribution in [0.25, 0.3) is 0 Å². The molecule has 6 nitrogen and oxygen atoms in total. The van der Waals surface area contributed by atoms with Gasteiger partial charge in [0.15, 0.2) is 0 Å². The van der Waals surface area contributed by atoms with E-state index >= 15 is 0 Å². The van der Waals surface area contributed by atoms with Crippen LogP contribution in [0.2, 0.25) is 0 Å². The van der Waals surface area contributed by atoms with Gasteiger partial charge in [-0.05, 0) is 68.1 Å². The van der Waals surface area contributed by atoms with E-state index in [9.17, 15) is 14.8 Å². The minimum absolute atomic E-state index is 0.0415. The Kier molecular flexibility index (Phi) is 5.29. The van der Waals surface area contributed by atoms with Crippen molar-refractivity contribution in [2.45, 2.75) is 78.2 Å². The van der Waals surface area contributed by atoms with Crippen LogP contribution in [-0.2, 0) is 14.3 Å². The minimum Gasteiger partial charge on any atom is -0.462 e. The normalized spacial score (nSPS) is 46.6. The summed E-state index contributed by atoms with van der Waals surface area (Å²) in [4.78, 5) is 24.8. The van der Waals surface area contributed by atoms with Crippen LogP contribution in [0.5, 0.6) is 0 Å². The molecule has 0 spiro atoms. The van der Waals surface area contributed by atoms with Crippen molar-refractivity contribution in [1.82, 2.24) is 0 Å². The second kappa shape index (κ2) is 7.36. The highest BCUT2D eigenvalue weighted by Gasteiger charge is 2.62. The summed E-state index contributed by atoms with van der Waals surface area (Å²) >= 11 is 0. The lowest BCUT2D eigenvalue weighted by Crippen LogP contribution is -2.57. The first-order valence-electron chi connectivity index (χ1n) is 11.4. The highest BCUT2D eigenvalue weighted by Crippen LogP contribution is 2.65. The largest absolute Gasteiger partial charge is 0.462 e. The van der Waals surface area contributed by atoms with Crippen molar-refractivity contribution in [3.8, 4) is 0 Å². The number of hydrogen-bond acceptors (Lipinski definition) is 6. The molecule has 4 rings (SSSR count). The smallest absolute Gasteiger partial charge is 0.310 e. The van der Waals surface area contributed by atoms with Crippen LogP contribution in [-0.4, -0.2) is 35.3 Å². The zero-order valence-corrected chi connectivity index (χ0v) is 18.0. The van der Waals surface area contributed by atoms with Crippen LogP contribution in [0, 0.1) is 40.4 Å². The lowest BCUT2D eigenvalue weighted by molar-refractivity contribution is -0.159. The van der Waals surface area contributed by atoms with Crippen molar-refractivity contribution < 1.29 is 19.5 Å². The maximum absolute atomic E-state index is 12.6. The van der Waals surface area contributed by atoms with Gasteiger partial charge in [0.25, 0.3) is 0 Å². The molecule has 4 saturated carbocycles. The first-order chi connectivity index (χ1) is 13.7. The standard InChI is InChI=1S/C23H36N2O4/c1-13(12-24)21(27)29-14-6-8-22(2)17-7-9-23(3)16(4-5-20(23)26)15(17)11-19(25-28)18(22)10-14/h13-18,28H,4-12,24H2,1-3H3/b25-19-/t13-,14?,15-,16-,17+,18?,22+,23-/m0/s1. The van der Waals surface area contributed by atoms with Crippen molar-refractivity contribution in [3.63, 3.8) is 0 Å². The summed E-state index contributed by atoms with van der Waals surface area (Å²) in [6.07, 6.45) is 6.91. The van der Waals surface area contributed by atoms with Crippen LogP contribution in [0.1, 0.15) is 72.1 Å². The Balaban J connectivity index is 1.56. The average molecular weight is 405 g/mol. The minimum atomic E-state index is -0.291. The molecule has 6 heteroatoms. The van der Waals surface area contributed by atoms with Gasteiger partial charge in [-0.1, -0.05) is 25.9 Å². The maximum Gasteiger partial charge on any atom is 0.310 e. The number of carbonyl (C=O) groups excluding carboxylic acids is 2. The number of ether oxygens (including phenoxy) is 1. The van der Waals surface area contributed by atoms with E-state index in [-0.39, 0.29) is 34.7 Å². The Morgan fingerprint density at radius 1 is 1.28 bits per heavy atom. The first kappa shape index (κ1) is 20.8. The molecular weight excluding hydrogens is 368 g/mol. The summed E-state index contributed by atoms with van der Waals surface area (Å²) in [6.45, 7) is 6.60. The number of carbonyl (C=O) groups is 2. The quantitative estimate of drug-likeness (QED) is 0.425. The molecule has 0 aromatic carbocycles. The van der Waals surface area contributed by atoms with Gasteiger partial charge >= 0.3 is 5.97 Å². The van der Waals surface area contributed by atoms with Gasteiger partial charge in [0.1, 0.15) is 11.9 Å². The molecule has 0 aliphatic heterocycles. The zero-order chi connectivity index (χ0) is 21.0. The van der Waals surface area contributed by atoms with Crippen molar-refractivity contribution >= 4 is 17.5 Å². The average Bonchev–Trinajstić information content (AvgIpc) is 3.02. The molecule has 0 radical (unpaired) electrons. The Morgan fingerprint density at radius 2 is 2.03 bits per heavy atom. The van der Waals surface area contributed by atoms with Crippen molar-refractivity contribution in [1.29, 1.82) is 0 Å². The summed E-state index contributed by atoms with van der Waals surface area (Å²) in [6, 6.07) is 0. The number of fused-ring (bicyclic) bond motifs is 5. The molecule has 2 unspecified atom stereocenters. The first-order valence-corrected chi connectivity index (χ1v) is 11.4. The van der Waals surface area contributed by atoms with Gasteiger partial charge in [0.2, 0.25) is 0 Å². The summed E-state index contributed by atoms with van der Waals surface area (Å²) in [5.41, 5.74) is 6.32. The Hall–Kier alpha value is -1.43. The van der Waals surface area contributed by atoms with E-state index in [1.165, 1.54) is 0 Å². The Morgan fingerprint density at radius 3 is 2.72 bits per heavy atom. The van der Waals surface area contributed by atoms with Gasteiger partial charge < -0.3 is 15.7 Å². The third-order valence-electron chi connectivity index (χ3n) is 9.31. The van der Waals surface area contributed by atoms with Crippen molar-refractivity contribution in [3.05, 3.63) is 0 Å². The molecule has 0 aromatic heterocycles. The maximum atomic E-state index is 12.6. The van der Waals surface area contributed by atoms with E-state index in [0.29, 0.717) is 36.5 Å². The van der Waals surface area contributed by atoms with E-state index in [1.54, 1.807) is 6.92 Å². The lowest BCUT2D eigenvalue weighted by atomic mass is 9.44. The van der Waals surface area contributed by atoms with E-state index in [0.717, 1.165) is 50.7 Å². The second-order valence-corrected chi connectivity index (χ2v) is 10.6. The molecule has 8 atom stereocenters. The summed E-state index contributed by atoms with van der Waals surface area (Å²) < 4.78 is 5.77. The molecule has 4 fully saturated rings. The van der Waals surface area contributed by atoms with E-state index in [2.05, 4.69) is 19.0 Å². The number of nitrogens with zero attached hydrogens (tertiary/aromatic N) is 1. The zero-order valence-electron chi connectivity index (χ0n) is 18.0. The number of Topliss-reactive ketones (excluding diaryl/α,β-unsaturated/α-hetero) is 1. The number of ketones is 1. The van der Waals surface area contributed by atoms with Crippen LogP contribution < -0.4 is 5.73 Å². The van der Waals surface area contributed by atoms with E-state index in [4.69, 9.17) is 10.5 Å². The number of rotatable bonds is 3. The molecule has 4 aliphatic carbocycles. The fourth-order valence-electron chi connectivity index (χ4n) is 7.40. The molecule has 4 aliphatic rings. The number of nitrogens with two attached hydrogens (primary N) is 1. The number of hydrogen-bond donors (Lipinski definition) is 2. The van der Waals surface area contributed by atoms with Gasteiger partial charge in [0.05, 0.1) is 11.6 Å². The molecule has 0 saturated heterocycles. The van der Waals surface area contributed by atoms with Crippen molar-refractivity contribution in [2.75, 3.05) is 6.54 Å². The third kappa shape index (κ3) is 3.13. The molecule has 162 valence electrons. The van der Waals surface area contributed by atoms with E-state index < -0.39 is 0 Å². The third-order valence-corrected chi connectivity index (χ3v) is 9.31. The summed E-state index contributed by atoms with van der Waals surface area (Å²) in [7, 11) is 0. The van der Waals surface area contributed by atoms with Gasteiger partial charge in [-0.2, -0.15) is 0 Å². The van der Waals surface area contributed by atoms with Gasteiger partial charge in [0, 0.05) is 24.3 Å². The second-order valence-electron chi connectivity index (χ2n) is 10.6. The lowest BCUT2D eigenvalue weighted by Gasteiger charge is -2.60. The predicted octanol–water partition coefficient (Wildman–Crippen LogP) is 3.54. The van der Waals surface area contributed by atoms with Crippen LogP contribution >= 0.6 is 0 Å². The van der Waals surface area contributed by atoms with Gasteiger partial charge in [-0.15, -0.1) is 0 Å². The highest BCUT2D eigenvalue weighted by molar-refractivity contribution is 5.90. The molecule has 0 bridgehead atoms. The van der Waals surface area contributed by atoms with Crippen molar-refractivity contribution in [2.24, 2.45) is 51.3 Å². The fraction of sp³-hybridized carbons (Fsp3) is 0.870. The Labute approximate surface area is 173 Å². The summed E-state index contributed by atoms with van der Waals surface area (Å²) in [5, 5.41) is 13.6. The summed E-state index contributed by atoms with van der Waals surface area (Å²) in [5.74, 6) is 1.42. The topological polar surface area (TPSA) is 102 Å². The van der Waals surface area contributed by atoms with Crippen LogP contribution in [0.3, 0.4) is 0 Å². The molecule has 0 amide bonds. The van der Waals surface area contributed by atoms with Gasteiger partial charge in [-0.3, -0.25) is 9.59 Å².